The van der Waals surface area contributed by atoms with Crippen LogP contribution >= 0.6 is 12.4 Å². The Hall–Kier alpha value is -0.705. The van der Waals surface area contributed by atoms with Crippen LogP contribution in [0.4, 0.5) is 5.69 Å². The lowest BCUT2D eigenvalue weighted by Gasteiger charge is -2.32. The van der Waals surface area contributed by atoms with Crippen LogP contribution < -0.4 is 10.8 Å². The molecule has 0 unspecified atom stereocenters. The second-order valence-corrected chi connectivity index (χ2v) is 7.04. The molecule has 3 nitrogen and oxygen atoms in total. The summed E-state index contributed by atoms with van der Waals surface area (Å²) in [7, 11) is -0.275. The zero-order valence-corrected chi connectivity index (χ0v) is 14.1. The lowest BCUT2D eigenvalue weighted by molar-refractivity contribution is 0.00578. The molecule has 1 heterocycles. The van der Waals surface area contributed by atoms with Crippen LogP contribution in [0.3, 0.4) is 0 Å². The van der Waals surface area contributed by atoms with Crippen LogP contribution in [-0.4, -0.2) is 24.9 Å². The van der Waals surface area contributed by atoms with Crippen LogP contribution in [0.5, 0.6) is 0 Å². The summed E-state index contributed by atoms with van der Waals surface area (Å²) >= 11 is 0. The highest BCUT2D eigenvalue weighted by Gasteiger charge is 2.51. The zero-order valence-electron chi connectivity index (χ0n) is 13.3. The maximum atomic E-state index is 6.09. The van der Waals surface area contributed by atoms with E-state index in [1.165, 1.54) is 12.8 Å². The van der Waals surface area contributed by atoms with Gasteiger partial charge in [0.25, 0.3) is 0 Å². The summed E-state index contributed by atoms with van der Waals surface area (Å²) in [4.78, 5) is 0. The summed E-state index contributed by atoms with van der Waals surface area (Å²) in [5.74, 6) is 0.871. The number of rotatable bonds is 4. The molecule has 0 aromatic heterocycles. The Kier molecular flexibility index (Phi) is 4.62. The smallest absolute Gasteiger partial charge is 0.399 e. The molecule has 0 amide bonds. The predicted molar refractivity (Wildman–Crippen MR) is 90.6 cm³/mol. The van der Waals surface area contributed by atoms with Crippen molar-refractivity contribution in [1.82, 2.24) is 0 Å². The van der Waals surface area contributed by atoms with E-state index in [9.17, 15) is 0 Å². The second kappa shape index (κ2) is 5.83. The predicted octanol–water partition coefficient (Wildman–Crippen LogP) is 3.23. The minimum Gasteiger partial charge on any atom is -0.399 e. The van der Waals surface area contributed by atoms with Gasteiger partial charge < -0.3 is 14.6 Å². The van der Waals surface area contributed by atoms with Crippen LogP contribution in [0, 0.1) is 5.92 Å². The van der Waals surface area contributed by atoms with Crippen molar-refractivity contribution >= 4 is 30.7 Å². The highest BCUT2D eigenvalue weighted by molar-refractivity contribution is 6.62. The third-order valence-electron chi connectivity index (χ3n) is 4.70. The van der Waals surface area contributed by atoms with E-state index >= 15 is 0 Å². The van der Waals surface area contributed by atoms with Gasteiger partial charge in [-0.05, 0) is 64.1 Å². The number of anilines is 1. The van der Waals surface area contributed by atoms with Gasteiger partial charge in [-0.3, -0.25) is 0 Å². The van der Waals surface area contributed by atoms with Gasteiger partial charge >= 0.3 is 7.12 Å². The normalized spacial score (nSPS) is 22.8. The van der Waals surface area contributed by atoms with Crippen molar-refractivity contribution in [2.75, 3.05) is 11.9 Å². The van der Waals surface area contributed by atoms with Gasteiger partial charge in [0.2, 0.25) is 0 Å². The first kappa shape index (κ1) is 16.7. The molecule has 1 aromatic carbocycles. The molecular formula is C16H25BClNO2. The lowest BCUT2D eigenvalue weighted by Crippen LogP contribution is -2.41. The Bertz CT molecular complexity index is 487. The van der Waals surface area contributed by atoms with Gasteiger partial charge in [0.15, 0.2) is 0 Å². The van der Waals surface area contributed by atoms with Gasteiger partial charge in [0, 0.05) is 12.2 Å². The molecule has 2 fully saturated rings. The molecule has 0 bridgehead atoms. The average molecular weight is 310 g/mol. The number of nitrogens with one attached hydrogen (secondary N) is 1. The maximum absolute atomic E-state index is 6.09. The summed E-state index contributed by atoms with van der Waals surface area (Å²) in [6.45, 7) is 9.42. The molecular weight excluding hydrogens is 284 g/mol. The molecule has 1 aliphatic heterocycles. The molecule has 0 radical (unpaired) electrons. The molecule has 116 valence electrons. The molecule has 1 aliphatic carbocycles. The summed E-state index contributed by atoms with van der Waals surface area (Å²) < 4.78 is 12.2. The van der Waals surface area contributed by atoms with Gasteiger partial charge in [-0.2, -0.15) is 0 Å². The summed E-state index contributed by atoms with van der Waals surface area (Å²) in [6.07, 6.45) is 2.73. The van der Waals surface area contributed by atoms with Crippen molar-refractivity contribution in [3.8, 4) is 0 Å². The van der Waals surface area contributed by atoms with E-state index in [0.29, 0.717) is 0 Å². The van der Waals surface area contributed by atoms with Crippen LogP contribution in [-0.2, 0) is 9.31 Å². The highest BCUT2D eigenvalue weighted by atomic mass is 35.5. The van der Waals surface area contributed by atoms with Crippen molar-refractivity contribution in [3.63, 3.8) is 0 Å². The first-order valence-electron chi connectivity index (χ1n) is 7.57. The van der Waals surface area contributed by atoms with E-state index in [2.05, 4.69) is 57.3 Å². The molecule has 0 atom stereocenters. The molecule has 2 aliphatic rings. The largest absolute Gasteiger partial charge is 0.494 e. The van der Waals surface area contributed by atoms with Crippen molar-refractivity contribution in [2.24, 2.45) is 5.92 Å². The number of halogens is 1. The Morgan fingerprint density at radius 2 is 1.76 bits per heavy atom. The minimum absolute atomic E-state index is 0. The first-order valence-corrected chi connectivity index (χ1v) is 7.57. The van der Waals surface area contributed by atoms with Gasteiger partial charge in [-0.25, -0.2) is 0 Å². The van der Waals surface area contributed by atoms with E-state index in [4.69, 9.17) is 9.31 Å². The summed E-state index contributed by atoms with van der Waals surface area (Å²) in [5, 5.41) is 3.50. The fraction of sp³-hybridized carbons (Fsp3) is 0.625. The summed E-state index contributed by atoms with van der Waals surface area (Å²) in [6, 6.07) is 8.39. The standard InChI is InChI=1S/C16H24BNO2.ClH/c1-15(2)16(3,4)20-17(19-15)13-6-5-7-14(10-13)18-11-12-8-9-12;/h5-7,10,12,18H,8-9,11H2,1-4H3;1H. The molecule has 1 aromatic rings. The van der Waals surface area contributed by atoms with E-state index < -0.39 is 0 Å². The zero-order chi connectivity index (χ0) is 14.4. The third-order valence-corrected chi connectivity index (χ3v) is 4.70. The van der Waals surface area contributed by atoms with Crippen LogP contribution in [0.2, 0.25) is 0 Å². The fourth-order valence-corrected chi connectivity index (χ4v) is 2.36. The molecule has 1 saturated heterocycles. The second-order valence-electron chi connectivity index (χ2n) is 7.04. The Morgan fingerprint density at radius 1 is 1.14 bits per heavy atom. The van der Waals surface area contributed by atoms with Crippen LogP contribution in [0.15, 0.2) is 24.3 Å². The van der Waals surface area contributed by atoms with Crippen molar-refractivity contribution in [1.29, 1.82) is 0 Å². The molecule has 1 saturated carbocycles. The molecule has 1 N–H and O–H groups in total. The molecule has 5 heteroatoms. The number of hydrogen-bond acceptors (Lipinski definition) is 3. The van der Waals surface area contributed by atoms with Gasteiger partial charge in [0.1, 0.15) is 0 Å². The lowest BCUT2D eigenvalue weighted by atomic mass is 9.79. The van der Waals surface area contributed by atoms with Crippen molar-refractivity contribution in [2.45, 2.75) is 51.7 Å². The highest BCUT2D eigenvalue weighted by Crippen LogP contribution is 2.36. The molecule has 21 heavy (non-hydrogen) atoms. The van der Waals surface area contributed by atoms with Crippen LogP contribution in [0.25, 0.3) is 0 Å². The Labute approximate surface area is 134 Å². The van der Waals surface area contributed by atoms with Gasteiger partial charge in [-0.1, -0.05) is 12.1 Å². The SMILES string of the molecule is CC1(C)OB(c2cccc(NCC3CC3)c2)OC1(C)C.Cl. The van der Waals surface area contributed by atoms with Crippen molar-refractivity contribution in [3.05, 3.63) is 24.3 Å². The molecule has 3 rings (SSSR count). The maximum Gasteiger partial charge on any atom is 0.494 e. The monoisotopic (exact) mass is 309 g/mol. The topological polar surface area (TPSA) is 30.5 Å². The average Bonchev–Trinajstić information content (AvgIpc) is 3.15. The van der Waals surface area contributed by atoms with E-state index in [1.54, 1.807) is 0 Å². The number of benzene rings is 1. The van der Waals surface area contributed by atoms with Gasteiger partial charge in [-0.15, -0.1) is 12.4 Å². The van der Waals surface area contributed by atoms with Crippen molar-refractivity contribution < 1.29 is 9.31 Å². The van der Waals surface area contributed by atoms with E-state index in [1.807, 2.05) is 0 Å². The Balaban J connectivity index is 0.00000161. The third kappa shape index (κ3) is 3.55. The van der Waals surface area contributed by atoms with Gasteiger partial charge in [0.05, 0.1) is 11.2 Å². The quantitative estimate of drug-likeness (QED) is 0.866. The van der Waals surface area contributed by atoms with Crippen LogP contribution in [0.1, 0.15) is 40.5 Å². The Morgan fingerprint density at radius 3 is 2.33 bits per heavy atom. The molecule has 0 spiro atoms. The summed E-state index contributed by atoms with van der Waals surface area (Å²) in [5.41, 5.74) is 1.68. The number of hydrogen-bond donors (Lipinski definition) is 1. The van der Waals surface area contributed by atoms with E-state index in [-0.39, 0.29) is 30.7 Å². The first-order chi connectivity index (χ1) is 9.37. The van der Waals surface area contributed by atoms with E-state index in [0.717, 1.165) is 23.6 Å². The minimum atomic E-state index is -0.283. The fourth-order valence-electron chi connectivity index (χ4n) is 2.36.